The Balaban J connectivity index is 1.48. The van der Waals surface area contributed by atoms with Crippen LogP contribution in [0.1, 0.15) is 51.4 Å². The molecule has 2 N–H and O–H groups in total. The van der Waals surface area contributed by atoms with Gasteiger partial charge in [0, 0.05) is 25.2 Å². The molecule has 2 fully saturated rings. The van der Waals surface area contributed by atoms with E-state index in [-0.39, 0.29) is 52.6 Å². The number of amides is 2. The standard InChI is InChI=1S/C21H28ClN3O5S/c22-16-10-17-18(30-13-20(26)24-17)11-19(16)31(28,29)25-9-5-6-14(12-25)21(27)23-15-7-3-1-2-4-8-15/h10-11,14-15H,1-9,12-13H2,(H,23,27)(H,24,26)/t14-/m1/s1. The van der Waals surface area contributed by atoms with Crippen molar-refractivity contribution in [3.05, 3.63) is 17.2 Å². The molecule has 1 aromatic rings. The molecule has 31 heavy (non-hydrogen) atoms. The molecule has 0 bridgehead atoms. The third kappa shape index (κ3) is 4.99. The first-order valence-corrected chi connectivity index (χ1v) is 12.7. The van der Waals surface area contributed by atoms with Crippen LogP contribution in [0.15, 0.2) is 17.0 Å². The summed E-state index contributed by atoms with van der Waals surface area (Å²) in [4.78, 5) is 24.3. The Bertz CT molecular complexity index is 960. The van der Waals surface area contributed by atoms with Gasteiger partial charge < -0.3 is 15.4 Å². The van der Waals surface area contributed by atoms with Crippen LogP contribution in [0.2, 0.25) is 5.02 Å². The largest absolute Gasteiger partial charge is 0.482 e. The minimum atomic E-state index is -3.92. The van der Waals surface area contributed by atoms with E-state index in [0.717, 1.165) is 25.7 Å². The van der Waals surface area contributed by atoms with Gasteiger partial charge in [0.1, 0.15) is 10.6 Å². The normalized spacial score (nSPS) is 23.3. The van der Waals surface area contributed by atoms with Crippen molar-refractivity contribution in [2.75, 3.05) is 25.0 Å². The Labute approximate surface area is 187 Å². The second kappa shape index (κ2) is 9.34. The van der Waals surface area contributed by atoms with Gasteiger partial charge in [-0.1, -0.05) is 37.3 Å². The predicted molar refractivity (Wildman–Crippen MR) is 117 cm³/mol. The lowest BCUT2D eigenvalue weighted by Crippen LogP contribution is -2.47. The summed E-state index contributed by atoms with van der Waals surface area (Å²) in [6.07, 6.45) is 7.90. The molecule has 170 valence electrons. The van der Waals surface area contributed by atoms with Gasteiger partial charge in [0.2, 0.25) is 15.9 Å². The first kappa shape index (κ1) is 22.4. The molecular weight excluding hydrogens is 442 g/mol. The van der Waals surface area contributed by atoms with Crippen molar-refractivity contribution in [3.63, 3.8) is 0 Å². The predicted octanol–water partition coefficient (Wildman–Crippen LogP) is 2.91. The average Bonchev–Trinajstić information content (AvgIpc) is 3.01. The number of anilines is 1. The Kier molecular flexibility index (Phi) is 6.74. The molecular formula is C21H28ClN3O5S. The molecule has 0 radical (unpaired) electrons. The van der Waals surface area contributed by atoms with E-state index >= 15 is 0 Å². The second-order valence-electron chi connectivity index (χ2n) is 8.51. The van der Waals surface area contributed by atoms with E-state index in [9.17, 15) is 18.0 Å². The number of nitrogens with zero attached hydrogens (tertiary/aromatic N) is 1. The van der Waals surface area contributed by atoms with E-state index in [0.29, 0.717) is 25.1 Å². The number of nitrogens with one attached hydrogen (secondary N) is 2. The molecule has 10 heteroatoms. The summed E-state index contributed by atoms with van der Waals surface area (Å²) in [5.41, 5.74) is 0.347. The Morgan fingerprint density at radius 2 is 1.87 bits per heavy atom. The molecule has 1 saturated heterocycles. The summed E-state index contributed by atoms with van der Waals surface area (Å²) in [5.74, 6) is -0.493. The molecule has 0 spiro atoms. The number of sulfonamides is 1. The zero-order valence-electron chi connectivity index (χ0n) is 17.4. The molecule has 1 saturated carbocycles. The average molecular weight is 470 g/mol. The van der Waals surface area contributed by atoms with Gasteiger partial charge in [-0.15, -0.1) is 0 Å². The minimum absolute atomic E-state index is 0.00887. The van der Waals surface area contributed by atoms with Crippen molar-refractivity contribution in [2.45, 2.75) is 62.3 Å². The SMILES string of the molecule is O=C1COc2cc(S(=O)(=O)N3CCC[C@@H](C(=O)NC4CCCCCC4)C3)c(Cl)cc2N1. The fourth-order valence-electron chi connectivity index (χ4n) is 4.54. The van der Waals surface area contributed by atoms with Crippen LogP contribution in [-0.2, 0) is 19.6 Å². The van der Waals surface area contributed by atoms with Crippen molar-refractivity contribution in [1.29, 1.82) is 0 Å². The highest BCUT2D eigenvalue weighted by Crippen LogP contribution is 2.37. The van der Waals surface area contributed by atoms with Crippen LogP contribution < -0.4 is 15.4 Å². The van der Waals surface area contributed by atoms with Crippen LogP contribution in [-0.4, -0.2) is 50.3 Å². The maximum atomic E-state index is 13.3. The number of benzene rings is 1. The van der Waals surface area contributed by atoms with Crippen molar-refractivity contribution in [2.24, 2.45) is 5.92 Å². The van der Waals surface area contributed by atoms with Gasteiger partial charge in [-0.2, -0.15) is 4.31 Å². The highest BCUT2D eigenvalue weighted by Gasteiger charge is 2.36. The molecule has 1 atom stereocenters. The van der Waals surface area contributed by atoms with Crippen LogP contribution in [0, 0.1) is 5.92 Å². The first-order valence-electron chi connectivity index (χ1n) is 10.9. The van der Waals surface area contributed by atoms with Gasteiger partial charge >= 0.3 is 0 Å². The van der Waals surface area contributed by atoms with E-state index in [2.05, 4.69) is 10.6 Å². The topological polar surface area (TPSA) is 105 Å². The van der Waals surface area contributed by atoms with E-state index in [1.807, 2.05) is 0 Å². The van der Waals surface area contributed by atoms with E-state index in [4.69, 9.17) is 16.3 Å². The van der Waals surface area contributed by atoms with Gasteiger partial charge in [-0.05, 0) is 31.7 Å². The van der Waals surface area contributed by atoms with Gasteiger partial charge in [-0.25, -0.2) is 8.42 Å². The number of carbonyl (C=O) groups excluding carboxylic acids is 2. The molecule has 1 aromatic carbocycles. The summed E-state index contributed by atoms with van der Waals surface area (Å²) in [5, 5.41) is 5.77. The molecule has 2 amide bonds. The summed E-state index contributed by atoms with van der Waals surface area (Å²) in [6.45, 7) is 0.285. The molecule has 2 heterocycles. The molecule has 1 aliphatic carbocycles. The second-order valence-corrected chi connectivity index (χ2v) is 10.8. The zero-order valence-corrected chi connectivity index (χ0v) is 18.9. The van der Waals surface area contributed by atoms with E-state index in [1.165, 1.54) is 29.3 Å². The molecule has 3 aliphatic rings. The zero-order chi connectivity index (χ0) is 22.0. The van der Waals surface area contributed by atoms with Crippen molar-refractivity contribution in [3.8, 4) is 5.75 Å². The highest BCUT2D eigenvalue weighted by molar-refractivity contribution is 7.89. The van der Waals surface area contributed by atoms with Crippen LogP contribution in [0.5, 0.6) is 5.75 Å². The van der Waals surface area contributed by atoms with Gasteiger partial charge in [0.15, 0.2) is 6.61 Å². The Morgan fingerprint density at radius 3 is 2.61 bits per heavy atom. The van der Waals surface area contributed by atoms with Crippen molar-refractivity contribution >= 4 is 39.1 Å². The fourth-order valence-corrected chi connectivity index (χ4v) is 6.58. The number of carbonyl (C=O) groups is 2. The number of ether oxygens (including phenoxy) is 1. The van der Waals surface area contributed by atoms with Crippen molar-refractivity contribution in [1.82, 2.24) is 9.62 Å². The van der Waals surface area contributed by atoms with Crippen LogP contribution in [0.3, 0.4) is 0 Å². The summed E-state index contributed by atoms with van der Waals surface area (Å²) in [6, 6.07) is 2.92. The fraction of sp³-hybridized carbons (Fsp3) is 0.619. The third-order valence-corrected chi connectivity index (χ3v) is 8.57. The molecule has 8 nitrogen and oxygen atoms in total. The van der Waals surface area contributed by atoms with Gasteiger partial charge in [0.25, 0.3) is 5.91 Å². The number of halogens is 1. The van der Waals surface area contributed by atoms with Crippen LogP contribution in [0.4, 0.5) is 5.69 Å². The summed E-state index contributed by atoms with van der Waals surface area (Å²) in [7, 11) is -3.92. The van der Waals surface area contributed by atoms with Gasteiger partial charge in [0.05, 0.1) is 16.6 Å². The lowest BCUT2D eigenvalue weighted by atomic mass is 9.97. The maximum absolute atomic E-state index is 13.3. The minimum Gasteiger partial charge on any atom is -0.482 e. The monoisotopic (exact) mass is 469 g/mol. The Morgan fingerprint density at radius 1 is 1.13 bits per heavy atom. The number of fused-ring (bicyclic) bond motifs is 1. The smallest absolute Gasteiger partial charge is 0.262 e. The molecule has 0 aromatic heterocycles. The molecule has 2 aliphatic heterocycles. The lowest BCUT2D eigenvalue weighted by Gasteiger charge is -2.32. The van der Waals surface area contributed by atoms with Crippen LogP contribution in [0.25, 0.3) is 0 Å². The quantitative estimate of drug-likeness (QED) is 0.659. The number of piperidine rings is 1. The number of hydrogen-bond donors (Lipinski definition) is 2. The van der Waals surface area contributed by atoms with Crippen LogP contribution >= 0.6 is 11.6 Å². The Hall–Kier alpha value is -1.84. The van der Waals surface area contributed by atoms with E-state index < -0.39 is 10.0 Å². The molecule has 4 rings (SSSR count). The number of hydrogen-bond acceptors (Lipinski definition) is 5. The maximum Gasteiger partial charge on any atom is 0.262 e. The van der Waals surface area contributed by atoms with E-state index in [1.54, 1.807) is 0 Å². The summed E-state index contributed by atoms with van der Waals surface area (Å²) < 4.78 is 33.3. The molecule has 0 unspecified atom stereocenters. The van der Waals surface area contributed by atoms with Crippen molar-refractivity contribution < 1.29 is 22.7 Å². The lowest BCUT2D eigenvalue weighted by molar-refractivity contribution is -0.127. The van der Waals surface area contributed by atoms with Gasteiger partial charge in [-0.3, -0.25) is 9.59 Å². The first-order chi connectivity index (χ1) is 14.8. The number of rotatable bonds is 4. The summed E-state index contributed by atoms with van der Waals surface area (Å²) >= 11 is 6.26. The third-order valence-electron chi connectivity index (χ3n) is 6.24. The highest BCUT2D eigenvalue weighted by atomic mass is 35.5.